The molecular weight excluding hydrogens is 313 g/mol. The number of fused-ring (bicyclic) bond motifs is 1. The molecule has 8 heteroatoms. The van der Waals surface area contributed by atoms with Gasteiger partial charge in [0, 0.05) is 14.1 Å². The van der Waals surface area contributed by atoms with Crippen LogP contribution in [-0.2, 0) is 0 Å². The number of hydrogen-bond donors (Lipinski definition) is 2. The summed E-state index contributed by atoms with van der Waals surface area (Å²) in [5.74, 6) is -0.125. The number of nitrogens with zero attached hydrogens (tertiary/aromatic N) is 4. The van der Waals surface area contributed by atoms with Crippen LogP contribution in [0, 0.1) is 5.82 Å². The molecular formula is C16H20FN5O2. The number of phenolic OH excluding ortho intramolecular Hbond substituents is 1. The molecule has 0 fully saturated rings. The summed E-state index contributed by atoms with van der Waals surface area (Å²) in [5.41, 5.74) is -0.686. The summed E-state index contributed by atoms with van der Waals surface area (Å²) in [6.07, 6.45) is 1.49. The Bertz CT molecular complexity index is 873. The maximum atomic E-state index is 14.1. The minimum absolute atomic E-state index is 0.0792. The zero-order chi connectivity index (χ0) is 18.0. The van der Waals surface area contributed by atoms with Crippen molar-refractivity contribution in [1.82, 2.24) is 15.0 Å². The Kier molecular flexibility index (Phi) is 4.87. The van der Waals surface area contributed by atoms with E-state index in [2.05, 4.69) is 21.9 Å². The van der Waals surface area contributed by atoms with Gasteiger partial charge in [-0.3, -0.25) is 9.79 Å². The van der Waals surface area contributed by atoms with Gasteiger partial charge < -0.3 is 15.4 Å². The second kappa shape index (κ2) is 6.69. The van der Waals surface area contributed by atoms with Crippen LogP contribution in [0.3, 0.4) is 0 Å². The Morgan fingerprint density at radius 3 is 2.79 bits per heavy atom. The molecule has 0 spiro atoms. The minimum Gasteiger partial charge on any atom is -0.506 e. The second-order valence-electron chi connectivity index (χ2n) is 5.46. The molecule has 0 aliphatic carbocycles. The Morgan fingerprint density at radius 2 is 2.21 bits per heavy atom. The van der Waals surface area contributed by atoms with Crippen LogP contribution in [0.5, 0.6) is 5.75 Å². The lowest BCUT2D eigenvalue weighted by molar-refractivity contribution is 0.477. The Hall–Kier alpha value is -2.90. The molecule has 24 heavy (non-hydrogen) atoms. The van der Waals surface area contributed by atoms with Crippen LogP contribution in [0.15, 0.2) is 34.7 Å². The van der Waals surface area contributed by atoms with E-state index in [1.807, 2.05) is 0 Å². The van der Waals surface area contributed by atoms with E-state index < -0.39 is 17.4 Å². The molecule has 1 aromatic carbocycles. The molecule has 2 rings (SSSR count). The first kappa shape index (κ1) is 17.5. The van der Waals surface area contributed by atoms with Crippen molar-refractivity contribution in [2.45, 2.75) is 19.9 Å². The summed E-state index contributed by atoms with van der Waals surface area (Å²) in [5, 5.41) is 14.0. The van der Waals surface area contributed by atoms with E-state index in [1.165, 1.54) is 22.0 Å². The monoisotopic (exact) mass is 333 g/mol. The molecule has 0 saturated carbocycles. The molecule has 0 aliphatic heterocycles. The third kappa shape index (κ3) is 3.08. The van der Waals surface area contributed by atoms with Crippen molar-refractivity contribution in [3.63, 3.8) is 0 Å². The van der Waals surface area contributed by atoms with Gasteiger partial charge in [0.25, 0.3) is 5.56 Å². The maximum Gasteiger partial charge on any atom is 0.283 e. The van der Waals surface area contributed by atoms with Crippen molar-refractivity contribution in [2.75, 3.05) is 19.1 Å². The fraction of sp³-hybridized carbons (Fsp3) is 0.312. The fourth-order valence-electron chi connectivity index (χ4n) is 2.43. The molecule has 0 bridgehead atoms. The van der Waals surface area contributed by atoms with E-state index in [0.717, 1.165) is 6.07 Å². The lowest BCUT2D eigenvalue weighted by atomic mass is 10.2. The molecule has 0 amide bonds. The summed E-state index contributed by atoms with van der Waals surface area (Å²) >= 11 is 0. The number of nitrogens with one attached hydrogen (secondary N) is 1. The first-order valence-corrected chi connectivity index (χ1v) is 7.31. The highest BCUT2D eigenvalue weighted by atomic mass is 19.1. The largest absolute Gasteiger partial charge is 0.506 e. The highest BCUT2D eigenvalue weighted by Gasteiger charge is 2.21. The first-order chi connectivity index (χ1) is 11.3. The van der Waals surface area contributed by atoms with E-state index in [4.69, 9.17) is 0 Å². The molecule has 1 unspecified atom stereocenters. The minimum atomic E-state index is -0.733. The van der Waals surface area contributed by atoms with E-state index in [9.17, 15) is 14.3 Å². The fourth-order valence-corrected chi connectivity index (χ4v) is 2.43. The predicted octanol–water partition coefficient (Wildman–Crippen LogP) is 1.65. The highest BCUT2D eigenvalue weighted by Crippen LogP contribution is 2.25. The maximum absolute atomic E-state index is 14.1. The number of aliphatic imine (C=N–C) groups is 1. The number of benzene rings is 1. The SMILES string of the molecule is C=CNC(C)=NC(C)c1nc2c(O)ccc(F)c2c(=O)n1N(C)C. The van der Waals surface area contributed by atoms with E-state index in [-0.39, 0.29) is 22.5 Å². The highest BCUT2D eigenvalue weighted by molar-refractivity contribution is 5.84. The lowest BCUT2D eigenvalue weighted by Crippen LogP contribution is -2.40. The van der Waals surface area contributed by atoms with E-state index >= 15 is 0 Å². The van der Waals surface area contributed by atoms with Crippen LogP contribution in [-0.4, -0.2) is 34.7 Å². The molecule has 2 aromatic rings. The van der Waals surface area contributed by atoms with Gasteiger partial charge in [-0.2, -0.15) is 0 Å². The molecule has 128 valence electrons. The molecule has 2 N–H and O–H groups in total. The van der Waals surface area contributed by atoms with Gasteiger partial charge >= 0.3 is 0 Å². The third-order valence-electron chi connectivity index (χ3n) is 3.43. The van der Waals surface area contributed by atoms with Crippen molar-refractivity contribution in [2.24, 2.45) is 4.99 Å². The van der Waals surface area contributed by atoms with Gasteiger partial charge in [0.05, 0.1) is 5.84 Å². The Morgan fingerprint density at radius 1 is 1.54 bits per heavy atom. The molecule has 0 aliphatic rings. The average molecular weight is 333 g/mol. The Balaban J connectivity index is 2.80. The van der Waals surface area contributed by atoms with Crippen molar-refractivity contribution in [3.8, 4) is 5.75 Å². The van der Waals surface area contributed by atoms with Crippen molar-refractivity contribution >= 4 is 16.7 Å². The summed E-state index contributed by atoms with van der Waals surface area (Å²) in [7, 11) is 3.29. The van der Waals surface area contributed by atoms with Gasteiger partial charge in [0.15, 0.2) is 5.82 Å². The van der Waals surface area contributed by atoms with Crippen LogP contribution in [0.1, 0.15) is 25.7 Å². The van der Waals surface area contributed by atoms with Gasteiger partial charge in [-0.25, -0.2) is 14.1 Å². The summed E-state index contributed by atoms with van der Waals surface area (Å²) in [6.45, 7) is 7.05. The van der Waals surface area contributed by atoms with Crippen molar-refractivity contribution in [3.05, 3.63) is 46.9 Å². The van der Waals surface area contributed by atoms with E-state index in [1.54, 1.807) is 27.9 Å². The normalized spacial score (nSPS) is 13.0. The number of hydrogen-bond acceptors (Lipinski definition) is 5. The van der Waals surface area contributed by atoms with Crippen molar-refractivity contribution in [1.29, 1.82) is 0 Å². The average Bonchev–Trinajstić information content (AvgIpc) is 2.50. The number of phenols is 1. The first-order valence-electron chi connectivity index (χ1n) is 7.31. The van der Waals surface area contributed by atoms with Crippen LogP contribution in [0.2, 0.25) is 0 Å². The quantitative estimate of drug-likeness (QED) is 0.657. The lowest BCUT2D eigenvalue weighted by Gasteiger charge is -2.22. The van der Waals surface area contributed by atoms with Crippen LogP contribution in [0.4, 0.5) is 4.39 Å². The third-order valence-corrected chi connectivity index (χ3v) is 3.43. The number of aromatic nitrogens is 2. The molecule has 7 nitrogen and oxygen atoms in total. The summed E-state index contributed by atoms with van der Waals surface area (Å²) in [6, 6.07) is 1.70. The second-order valence-corrected chi connectivity index (χ2v) is 5.46. The molecule has 0 radical (unpaired) electrons. The van der Waals surface area contributed by atoms with Gasteiger partial charge in [-0.05, 0) is 32.2 Å². The van der Waals surface area contributed by atoms with Gasteiger partial charge in [0.2, 0.25) is 0 Å². The summed E-state index contributed by atoms with van der Waals surface area (Å²) in [4.78, 5) is 21.4. The summed E-state index contributed by atoms with van der Waals surface area (Å²) < 4.78 is 15.3. The molecule has 1 aromatic heterocycles. The smallest absolute Gasteiger partial charge is 0.283 e. The zero-order valence-corrected chi connectivity index (χ0v) is 14.0. The number of rotatable bonds is 4. The topological polar surface area (TPSA) is 82.8 Å². The van der Waals surface area contributed by atoms with Gasteiger partial charge in [-0.15, -0.1) is 0 Å². The number of halogens is 1. The molecule has 0 saturated heterocycles. The predicted molar refractivity (Wildman–Crippen MR) is 92.5 cm³/mol. The standard InChI is InChI=1S/C16H20FN5O2/c1-6-18-10(3)19-9(2)15-20-14-12(23)8-7-11(17)13(14)16(24)22(15)21(4)5/h6-9,23H,1H2,2-5H3,(H,18,19). The van der Waals surface area contributed by atoms with Crippen LogP contribution < -0.4 is 15.9 Å². The van der Waals surface area contributed by atoms with Gasteiger partial charge in [-0.1, -0.05) is 6.58 Å². The van der Waals surface area contributed by atoms with E-state index in [0.29, 0.717) is 5.84 Å². The zero-order valence-electron chi connectivity index (χ0n) is 14.0. The van der Waals surface area contributed by atoms with Gasteiger partial charge in [0.1, 0.15) is 28.5 Å². The number of amidine groups is 1. The molecule has 1 heterocycles. The van der Waals surface area contributed by atoms with Crippen LogP contribution >= 0.6 is 0 Å². The Labute approximate surface area is 138 Å². The van der Waals surface area contributed by atoms with Crippen molar-refractivity contribution < 1.29 is 9.50 Å². The number of aromatic hydroxyl groups is 1. The van der Waals surface area contributed by atoms with Crippen LogP contribution in [0.25, 0.3) is 10.9 Å². The molecule has 1 atom stereocenters.